The Morgan fingerprint density at radius 1 is 1.21 bits per heavy atom. The van der Waals surface area contributed by atoms with E-state index in [1.165, 1.54) is 37.8 Å². The Bertz CT molecular complexity index is 706. The van der Waals surface area contributed by atoms with Gasteiger partial charge in [-0.3, -0.25) is 9.29 Å². The maximum Gasteiger partial charge on any atom is 0.265 e. The van der Waals surface area contributed by atoms with Crippen molar-refractivity contribution in [1.82, 2.24) is 9.97 Å². The molecule has 0 saturated heterocycles. The molecule has 0 aliphatic rings. The van der Waals surface area contributed by atoms with Crippen LogP contribution in [0.3, 0.4) is 0 Å². The topological polar surface area (TPSA) is 87.0 Å². The van der Waals surface area contributed by atoms with Gasteiger partial charge in [-0.25, -0.2) is 13.4 Å². The zero-order valence-electron chi connectivity index (χ0n) is 10.1. The largest absolute Gasteiger partial charge is 0.269 e. The summed E-state index contributed by atoms with van der Waals surface area (Å²) in [6.45, 7) is 0. The Labute approximate surface area is 111 Å². The van der Waals surface area contributed by atoms with Gasteiger partial charge in [0.25, 0.3) is 10.0 Å². The quantitative estimate of drug-likeness (QED) is 0.838. The fraction of sp³-hybridized carbons (Fsp3) is 0.0833. The van der Waals surface area contributed by atoms with Crippen molar-refractivity contribution in [2.45, 2.75) is 4.90 Å². The maximum absolute atomic E-state index is 12.3. The minimum Gasteiger partial charge on any atom is -0.269 e. The lowest BCUT2D eigenvalue weighted by Crippen LogP contribution is -2.26. The third-order valence-corrected chi connectivity index (χ3v) is 4.30. The molecule has 0 fully saturated rings. The fourth-order valence-corrected chi connectivity index (χ4v) is 2.59. The van der Waals surface area contributed by atoms with Crippen molar-refractivity contribution in [3.63, 3.8) is 0 Å². The van der Waals surface area contributed by atoms with E-state index >= 15 is 0 Å². The summed E-state index contributed by atoms with van der Waals surface area (Å²) in [5, 5.41) is 8.64. The Morgan fingerprint density at radius 2 is 1.89 bits per heavy atom. The van der Waals surface area contributed by atoms with E-state index in [1.807, 2.05) is 6.07 Å². The molecule has 0 spiro atoms. The van der Waals surface area contributed by atoms with Crippen molar-refractivity contribution in [2.75, 3.05) is 11.4 Å². The van der Waals surface area contributed by atoms with E-state index in [4.69, 9.17) is 5.26 Å². The van der Waals surface area contributed by atoms with Gasteiger partial charge in [0.2, 0.25) is 0 Å². The molecule has 0 unspecified atom stereocenters. The summed E-state index contributed by atoms with van der Waals surface area (Å²) >= 11 is 0. The van der Waals surface area contributed by atoms with E-state index in [2.05, 4.69) is 9.97 Å². The molecule has 6 nitrogen and oxygen atoms in total. The van der Waals surface area contributed by atoms with Crippen LogP contribution in [-0.2, 0) is 10.0 Å². The molecule has 0 N–H and O–H groups in total. The van der Waals surface area contributed by atoms with Gasteiger partial charge in [0.05, 0.1) is 5.69 Å². The number of nitriles is 1. The van der Waals surface area contributed by atoms with Crippen molar-refractivity contribution in [2.24, 2.45) is 0 Å². The zero-order chi connectivity index (χ0) is 13.9. The molecule has 0 aromatic carbocycles. The molecule has 0 atom stereocenters. The highest BCUT2D eigenvalue weighted by molar-refractivity contribution is 7.92. The van der Waals surface area contributed by atoms with Crippen LogP contribution >= 0.6 is 0 Å². The van der Waals surface area contributed by atoms with E-state index in [9.17, 15) is 8.42 Å². The molecular formula is C12H10N4O2S. The van der Waals surface area contributed by atoms with Crippen LogP contribution in [0.4, 0.5) is 5.69 Å². The Balaban J connectivity index is 2.40. The lowest BCUT2D eigenvalue weighted by Gasteiger charge is -2.18. The van der Waals surface area contributed by atoms with Crippen molar-refractivity contribution < 1.29 is 8.42 Å². The summed E-state index contributed by atoms with van der Waals surface area (Å²) in [5.74, 6) is 0. The fourth-order valence-electron chi connectivity index (χ4n) is 1.45. The molecule has 19 heavy (non-hydrogen) atoms. The van der Waals surface area contributed by atoms with Crippen LogP contribution in [0.5, 0.6) is 0 Å². The average molecular weight is 274 g/mol. The molecule has 0 saturated carbocycles. The van der Waals surface area contributed by atoms with Crippen LogP contribution < -0.4 is 4.31 Å². The van der Waals surface area contributed by atoms with E-state index in [1.54, 1.807) is 12.1 Å². The lowest BCUT2D eigenvalue weighted by atomic mass is 10.4. The Morgan fingerprint density at radius 3 is 2.42 bits per heavy atom. The van der Waals surface area contributed by atoms with Gasteiger partial charge >= 0.3 is 0 Å². The molecule has 7 heteroatoms. The van der Waals surface area contributed by atoms with Crippen LogP contribution in [0.15, 0.2) is 47.8 Å². The van der Waals surface area contributed by atoms with Crippen LogP contribution in [-0.4, -0.2) is 25.4 Å². The highest BCUT2D eigenvalue weighted by atomic mass is 32.2. The second-order valence-corrected chi connectivity index (χ2v) is 5.64. The highest BCUT2D eigenvalue weighted by Crippen LogP contribution is 2.20. The van der Waals surface area contributed by atoms with Crippen molar-refractivity contribution in [3.8, 4) is 6.07 Å². The van der Waals surface area contributed by atoms with Gasteiger partial charge in [0.1, 0.15) is 16.7 Å². The maximum atomic E-state index is 12.3. The number of hydrogen-bond donors (Lipinski definition) is 0. The van der Waals surface area contributed by atoms with Gasteiger partial charge in [-0.2, -0.15) is 5.26 Å². The molecule has 96 valence electrons. The van der Waals surface area contributed by atoms with E-state index in [0.29, 0.717) is 5.69 Å². The third kappa shape index (κ3) is 2.53. The molecular weight excluding hydrogens is 264 g/mol. The smallest absolute Gasteiger partial charge is 0.265 e. The van der Waals surface area contributed by atoms with Crippen molar-refractivity contribution >= 4 is 15.7 Å². The minimum atomic E-state index is -3.68. The predicted octanol–water partition coefficient (Wildman–Crippen LogP) is 1.17. The predicted molar refractivity (Wildman–Crippen MR) is 68.8 cm³/mol. The van der Waals surface area contributed by atoms with Crippen molar-refractivity contribution in [1.29, 1.82) is 5.26 Å². The normalized spacial score (nSPS) is 10.7. The molecule has 0 amide bonds. The number of anilines is 1. The second kappa shape index (κ2) is 5.04. The molecule has 2 aromatic rings. The zero-order valence-corrected chi connectivity index (χ0v) is 10.9. The van der Waals surface area contributed by atoms with Crippen LogP contribution in [0.1, 0.15) is 5.69 Å². The SMILES string of the molecule is CN(c1ccncc1)S(=O)(=O)c1ccc(C#N)nc1. The molecule has 0 aliphatic carbocycles. The summed E-state index contributed by atoms with van der Waals surface area (Å²) in [5.41, 5.74) is 0.671. The van der Waals surface area contributed by atoms with Gasteiger partial charge in [-0.15, -0.1) is 0 Å². The first-order chi connectivity index (χ1) is 9.05. The first kappa shape index (κ1) is 13.0. The van der Waals surface area contributed by atoms with Gasteiger partial charge in [0.15, 0.2) is 0 Å². The third-order valence-electron chi connectivity index (χ3n) is 2.54. The molecule has 0 radical (unpaired) electrons. The number of nitrogens with zero attached hydrogens (tertiary/aromatic N) is 4. The summed E-state index contributed by atoms with van der Waals surface area (Å²) in [4.78, 5) is 7.63. The Kier molecular flexibility index (Phi) is 3.44. The number of hydrogen-bond acceptors (Lipinski definition) is 5. The highest BCUT2D eigenvalue weighted by Gasteiger charge is 2.21. The summed E-state index contributed by atoms with van der Waals surface area (Å²) < 4.78 is 25.8. The van der Waals surface area contributed by atoms with Crippen molar-refractivity contribution in [3.05, 3.63) is 48.5 Å². The number of aromatic nitrogens is 2. The number of rotatable bonds is 3. The van der Waals surface area contributed by atoms with Gasteiger partial charge < -0.3 is 0 Å². The van der Waals surface area contributed by atoms with E-state index in [-0.39, 0.29) is 10.6 Å². The minimum absolute atomic E-state index is 0.0332. The van der Waals surface area contributed by atoms with Gasteiger partial charge in [0, 0.05) is 25.6 Å². The Hall–Kier alpha value is -2.46. The summed E-state index contributed by atoms with van der Waals surface area (Å²) in [6.07, 6.45) is 4.20. The van der Waals surface area contributed by atoms with E-state index < -0.39 is 10.0 Å². The van der Waals surface area contributed by atoms with Crippen LogP contribution in [0.25, 0.3) is 0 Å². The lowest BCUT2D eigenvalue weighted by molar-refractivity contribution is 0.594. The molecule has 2 rings (SSSR count). The number of sulfonamides is 1. The van der Waals surface area contributed by atoms with Gasteiger partial charge in [-0.1, -0.05) is 0 Å². The average Bonchev–Trinajstić information content (AvgIpc) is 2.47. The molecule has 0 bridgehead atoms. The number of pyridine rings is 2. The molecule has 2 heterocycles. The van der Waals surface area contributed by atoms with E-state index in [0.717, 1.165) is 4.31 Å². The first-order valence-corrected chi connectivity index (χ1v) is 6.75. The monoisotopic (exact) mass is 274 g/mol. The van der Waals surface area contributed by atoms with Gasteiger partial charge in [-0.05, 0) is 24.3 Å². The van der Waals surface area contributed by atoms with Crippen LogP contribution in [0, 0.1) is 11.3 Å². The second-order valence-electron chi connectivity index (χ2n) is 3.67. The summed E-state index contributed by atoms with van der Waals surface area (Å²) in [6, 6.07) is 7.75. The molecule has 2 aromatic heterocycles. The standard InChI is InChI=1S/C12H10N4O2S/c1-16(11-4-6-14-7-5-11)19(17,18)12-3-2-10(8-13)15-9-12/h2-7,9H,1H3. The summed E-state index contributed by atoms with van der Waals surface area (Å²) in [7, 11) is -2.24. The molecule has 0 aliphatic heterocycles. The van der Waals surface area contributed by atoms with Crippen LogP contribution in [0.2, 0.25) is 0 Å². The first-order valence-electron chi connectivity index (χ1n) is 5.31.